The molecule has 2 atom stereocenters. The Kier molecular flexibility index (Phi) is 4.20. The van der Waals surface area contributed by atoms with Crippen molar-refractivity contribution >= 4 is 0 Å². The van der Waals surface area contributed by atoms with Gasteiger partial charge in [0.15, 0.2) is 0 Å². The molecule has 1 aliphatic carbocycles. The van der Waals surface area contributed by atoms with E-state index in [-0.39, 0.29) is 0 Å². The lowest BCUT2D eigenvalue weighted by atomic mass is 10.1. The van der Waals surface area contributed by atoms with Gasteiger partial charge >= 0.3 is 0 Å². The first-order valence-corrected chi connectivity index (χ1v) is 5.63. The Morgan fingerprint density at radius 3 is 2.54 bits per heavy atom. The fraction of sp³-hybridized carbons (Fsp3) is 1.00. The molecule has 0 saturated heterocycles. The van der Waals surface area contributed by atoms with Crippen LogP contribution in [-0.4, -0.2) is 36.6 Å². The van der Waals surface area contributed by atoms with Crippen molar-refractivity contribution in [2.45, 2.75) is 58.2 Å². The van der Waals surface area contributed by atoms with Crippen molar-refractivity contribution in [2.24, 2.45) is 0 Å². The lowest BCUT2D eigenvalue weighted by Gasteiger charge is -2.35. The van der Waals surface area contributed by atoms with E-state index in [0.29, 0.717) is 6.04 Å². The van der Waals surface area contributed by atoms with Gasteiger partial charge in [0.05, 0.1) is 0 Å². The van der Waals surface area contributed by atoms with Gasteiger partial charge < -0.3 is 5.32 Å². The molecule has 0 aromatic carbocycles. The number of nitrogens with one attached hydrogen (secondary N) is 1. The Labute approximate surface area is 82.7 Å². The molecule has 0 amide bonds. The molecular formula is C11H24N2. The van der Waals surface area contributed by atoms with Crippen molar-refractivity contribution in [1.82, 2.24) is 10.2 Å². The minimum Gasteiger partial charge on any atom is -0.315 e. The largest absolute Gasteiger partial charge is 0.315 e. The van der Waals surface area contributed by atoms with Gasteiger partial charge in [0.2, 0.25) is 0 Å². The van der Waals surface area contributed by atoms with Gasteiger partial charge in [-0.3, -0.25) is 4.90 Å². The monoisotopic (exact) mass is 184 g/mol. The maximum absolute atomic E-state index is 3.44. The number of rotatable bonds is 4. The zero-order valence-electron chi connectivity index (χ0n) is 9.51. The van der Waals surface area contributed by atoms with E-state index in [2.05, 4.69) is 38.0 Å². The molecule has 0 aliphatic heterocycles. The van der Waals surface area contributed by atoms with Gasteiger partial charge in [-0.25, -0.2) is 0 Å². The highest BCUT2D eigenvalue weighted by Gasteiger charge is 2.31. The molecule has 0 aromatic heterocycles. The van der Waals surface area contributed by atoms with E-state index in [1.165, 1.54) is 25.8 Å². The van der Waals surface area contributed by atoms with Crippen molar-refractivity contribution in [1.29, 1.82) is 0 Å². The van der Waals surface area contributed by atoms with Crippen LogP contribution in [0.2, 0.25) is 0 Å². The lowest BCUT2D eigenvalue weighted by Crippen LogP contribution is -2.48. The predicted molar refractivity (Wildman–Crippen MR) is 58.0 cm³/mol. The Bertz CT molecular complexity index is 145. The van der Waals surface area contributed by atoms with Gasteiger partial charge in [-0.05, 0) is 40.3 Å². The molecule has 1 aliphatic rings. The van der Waals surface area contributed by atoms with Crippen LogP contribution < -0.4 is 5.32 Å². The second kappa shape index (κ2) is 4.97. The van der Waals surface area contributed by atoms with Crippen LogP contribution in [0.1, 0.15) is 40.0 Å². The predicted octanol–water partition coefficient (Wildman–Crippen LogP) is 1.86. The van der Waals surface area contributed by atoms with Crippen LogP contribution in [0.4, 0.5) is 0 Å². The molecule has 2 nitrogen and oxygen atoms in total. The van der Waals surface area contributed by atoms with Crippen LogP contribution in [0.15, 0.2) is 0 Å². The third-order valence-corrected chi connectivity index (χ3v) is 3.30. The van der Waals surface area contributed by atoms with Crippen molar-refractivity contribution in [3.05, 3.63) is 0 Å². The van der Waals surface area contributed by atoms with Crippen LogP contribution in [-0.2, 0) is 0 Å². The van der Waals surface area contributed by atoms with Crippen LogP contribution in [0.5, 0.6) is 0 Å². The quantitative estimate of drug-likeness (QED) is 0.717. The number of hydrogen-bond donors (Lipinski definition) is 1. The Hall–Kier alpha value is -0.0800. The standard InChI is InChI=1S/C11H24N2/c1-5-13(9(2)3)11-8-6-7-10(11)12-4/h9-12H,5-8H2,1-4H3. The van der Waals surface area contributed by atoms with Crippen LogP contribution in [0.3, 0.4) is 0 Å². The van der Waals surface area contributed by atoms with Crippen LogP contribution in [0.25, 0.3) is 0 Å². The summed E-state index contributed by atoms with van der Waals surface area (Å²) in [5.74, 6) is 0. The molecule has 0 bridgehead atoms. The molecule has 2 unspecified atom stereocenters. The molecule has 1 saturated carbocycles. The normalized spacial score (nSPS) is 29.1. The first kappa shape index (κ1) is 11.0. The molecule has 0 aromatic rings. The van der Waals surface area contributed by atoms with Gasteiger partial charge in [-0.1, -0.05) is 13.3 Å². The van der Waals surface area contributed by atoms with Gasteiger partial charge in [0.25, 0.3) is 0 Å². The summed E-state index contributed by atoms with van der Waals surface area (Å²) < 4.78 is 0. The highest BCUT2D eigenvalue weighted by Crippen LogP contribution is 2.25. The summed E-state index contributed by atoms with van der Waals surface area (Å²) in [6.07, 6.45) is 4.11. The zero-order valence-corrected chi connectivity index (χ0v) is 9.51. The maximum atomic E-state index is 3.44. The molecule has 0 spiro atoms. The fourth-order valence-electron chi connectivity index (χ4n) is 2.66. The topological polar surface area (TPSA) is 15.3 Å². The minimum absolute atomic E-state index is 0.684. The number of nitrogens with zero attached hydrogens (tertiary/aromatic N) is 1. The first-order chi connectivity index (χ1) is 6.20. The first-order valence-electron chi connectivity index (χ1n) is 5.63. The fourth-order valence-corrected chi connectivity index (χ4v) is 2.66. The molecule has 1 fully saturated rings. The SMILES string of the molecule is CCN(C(C)C)C1CCCC1NC. The van der Waals surface area contributed by atoms with Crippen molar-refractivity contribution in [3.63, 3.8) is 0 Å². The average Bonchev–Trinajstić information content (AvgIpc) is 2.53. The summed E-state index contributed by atoms with van der Waals surface area (Å²) >= 11 is 0. The second-order valence-electron chi connectivity index (χ2n) is 4.32. The Balaban J connectivity index is 2.56. The molecule has 0 heterocycles. The summed E-state index contributed by atoms with van der Waals surface area (Å²) in [6.45, 7) is 8.05. The third-order valence-electron chi connectivity index (χ3n) is 3.30. The van der Waals surface area contributed by atoms with E-state index in [9.17, 15) is 0 Å². The van der Waals surface area contributed by atoms with Crippen molar-refractivity contribution in [3.8, 4) is 0 Å². The van der Waals surface area contributed by atoms with E-state index in [4.69, 9.17) is 0 Å². The summed E-state index contributed by atoms with van der Waals surface area (Å²) in [7, 11) is 2.09. The number of hydrogen-bond acceptors (Lipinski definition) is 2. The van der Waals surface area contributed by atoms with E-state index >= 15 is 0 Å². The molecule has 78 valence electrons. The molecule has 0 radical (unpaired) electrons. The molecule has 1 N–H and O–H groups in total. The minimum atomic E-state index is 0.684. The van der Waals surface area contributed by atoms with Gasteiger partial charge in [-0.15, -0.1) is 0 Å². The highest BCUT2D eigenvalue weighted by atomic mass is 15.2. The van der Waals surface area contributed by atoms with E-state index in [0.717, 1.165) is 12.1 Å². The summed E-state index contributed by atoms with van der Waals surface area (Å²) in [6, 6.07) is 2.18. The molecule has 13 heavy (non-hydrogen) atoms. The maximum Gasteiger partial charge on any atom is 0.0251 e. The van der Waals surface area contributed by atoms with Crippen molar-refractivity contribution < 1.29 is 0 Å². The van der Waals surface area contributed by atoms with Gasteiger partial charge in [0.1, 0.15) is 0 Å². The summed E-state index contributed by atoms with van der Waals surface area (Å²) in [5, 5.41) is 3.44. The average molecular weight is 184 g/mol. The summed E-state index contributed by atoms with van der Waals surface area (Å²) in [5.41, 5.74) is 0. The van der Waals surface area contributed by atoms with Crippen LogP contribution >= 0.6 is 0 Å². The Morgan fingerprint density at radius 1 is 1.38 bits per heavy atom. The smallest absolute Gasteiger partial charge is 0.0251 e. The summed E-state index contributed by atoms with van der Waals surface area (Å²) in [4.78, 5) is 2.62. The third kappa shape index (κ3) is 2.44. The molecule has 2 heteroatoms. The Morgan fingerprint density at radius 2 is 2.08 bits per heavy atom. The van der Waals surface area contributed by atoms with Crippen LogP contribution in [0, 0.1) is 0 Å². The molecular weight excluding hydrogens is 160 g/mol. The highest BCUT2D eigenvalue weighted by molar-refractivity contribution is 4.90. The van der Waals surface area contributed by atoms with E-state index in [1.54, 1.807) is 0 Å². The lowest BCUT2D eigenvalue weighted by molar-refractivity contribution is 0.144. The van der Waals surface area contributed by atoms with E-state index in [1.807, 2.05) is 0 Å². The van der Waals surface area contributed by atoms with Gasteiger partial charge in [0, 0.05) is 18.1 Å². The van der Waals surface area contributed by atoms with E-state index < -0.39 is 0 Å². The zero-order chi connectivity index (χ0) is 9.84. The second-order valence-corrected chi connectivity index (χ2v) is 4.32. The molecule has 1 rings (SSSR count). The number of likely N-dealkylation sites (N-methyl/N-ethyl adjacent to an activating group) is 2. The van der Waals surface area contributed by atoms with Gasteiger partial charge in [-0.2, -0.15) is 0 Å². The van der Waals surface area contributed by atoms with Crippen molar-refractivity contribution in [2.75, 3.05) is 13.6 Å².